The lowest BCUT2D eigenvalue weighted by atomic mass is 10.1. The zero-order valence-corrected chi connectivity index (χ0v) is 20.0. The maximum absolute atomic E-state index is 12.1. The molecule has 0 aliphatic heterocycles. The zero-order valence-electron chi connectivity index (χ0n) is 19.2. The quantitative estimate of drug-likeness (QED) is 0.126. The first-order valence-corrected chi connectivity index (χ1v) is 11.7. The fourth-order valence-electron chi connectivity index (χ4n) is 3.44. The lowest BCUT2D eigenvalue weighted by Gasteiger charge is -2.07. The van der Waals surface area contributed by atoms with E-state index in [1.807, 2.05) is 25.3 Å². The van der Waals surface area contributed by atoms with Crippen LogP contribution in [0.1, 0.15) is 22.3 Å². The van der Waals surface area contributed by atoms with Gasteiger partial charge in [-0.15, -0.1) is 0 Å². The number of H-pyrrole nitrogens is 1. The number of aryl methyl sites for hydroxylation is 3. The fourth-order valence-corrected chi connectivity index (χ4v) is 4.37. The van der Waals surface area contributed by atoms with Crippen LogP contribution in [-0.2, 0) is 10.1 Å². The summed E-state index contributed by atoms with van der Waals surface area (Å²) in [6.45, 7) is 5.22. The Bertz CT molecular complexity index is 1340. The molecule has 35 heavy (non-hydrogen) atoms. The molecule has 0 amide bonds. The highest BCUT2D eigenvalue weighted by molar-refractivity contribution is 7.86. The van der Waals surface area contributed by atoms with Gasteiger partial charge in [0.2, 0.25) is 0 Å². The Kier molecular flexibility index (Phi) is 9.21. The van der Waals surface area contributed by atoms with E-state index in [2.05, 4.69) is 28.3 Å². The van der Waals surface area contributed by atoms with Crippen LogP contribution in [0.2, 0.25) is 0 Å². The highest BCUT2D eigenvalue weighted by Crippen LogP contribution is 2.22. The molecule has 0 aliphatic carbocycles. The summed E-state index contributed by atoms with van der Waals surface area (Å²) in [4.78, 5) is 3.15. The van der Waals surface area contributed by atoms with Crippen LogP contribution in [0, 0.1) is 20.8 Å². The molecular weight excluding hydrogens is 481 g/mol. The number of aromatic nitrogens is 1. The maximum Gasteiger partial charge on any atom is 0.437 e. The number of para-hydroxylation sites is 1. The number of oxime groups is 1. The number of nitrogens with one attached hydrogen (secondary N) is 1. The van der Waals surface area contributed by atoms with Crippen LogP contribution < -0.4 is 0 Å². The van der Waals surface area contributed by atoms with Crippen molar-refractivity contribution in [1.82, 2.24) is 4.98 Å². The van der Waals surface area contributed by atoms with Crippen molar-refractivity contribution in [2.24, 2.45) is 5.16 Å². The van der Waals surface area contributed by atoms with Crippen molar-refractivity contribution >= 4 is 26.7 Å². The molecule has 0 atom stereocenters. The molecule has 4 aromatic rings. The topological polar surface area (TPSA) is 103 Å². The molecule has 186 valence electrons. The van der Waals surface area contributed by atoms with Crippen LogP contribution in [0.4, 0.5) is 13.2 Å². The van der Waals surface area contributed by atoms with Crippen molar-refractivity contribution < 1.29 is 31.3 Å². The molecule has 0 bridgehead atoms. The van der Waals surface area contributed by atoms with Gasteiger partial charge in [-0.2, -0.15) is 21.6 Å². The second-order valence-corrected chi connectivity index (χ2v) is 8.94. The van der Waals surface area contributed by atoms with Crippen LogP contribution in [0.5, 0.6) is 0 Å². The van der Waals surface area contributed by atoms with Crippen molar-refractivity contribution in [2.45, 2.75) is 31.8 Å². The predicted octanol–water partition coefficient (Wildman–Crippen LogP) is 6.45. The van der Waals surface area contributed by atoms with Gasteiger partial charge in [-0.1, -0.05) is 71.4 Å². The van der Waals surface area contributed by atoms with Crippen LogP contribution in [-0.4, -0.2) is 35.0 Å². The Morgan fingerprint density at radius 1 is 0.886 bits per heavy atom. The number of fused-ring (bicyclic) bond motifs is 1. The first-order valence-electron chi connectivity index (χ1n) is 10.3. The minimum atomic E-state index is -4.63. The van der Waals surface area contributed by atoms with Gasteiger partial charge in [0, 0.05) is 17.3 Å². The van der Waals surface area contributed by atoms with Gasteiger partial charge in [0.05, 0.1) is 4.90 Å². The van der Waals surface area contributed by atoms with Gasteiger partial charge < -0.3 is 10.2 Å². The second-order valence-electron chi connectivity index (χ2n) is 7.58. The second kappa shape index (κ2) is 11.7. The average molecular weight is 507 g/mol. The third kappa shape index (κ3) is 7.97. The summed E-state index contributed by atoms with van der Waals surface area (Å²) >= 11 is 0. The van der Waals surface area contributed by atoms with E-state index in [0.717, 1.165) is 5.56 Å². The summed E-state index contributed by atoms with van der Waals surface area (Å²) in [6, 6.07) is 20.6. The van der Waals surface area contributed by atoms with Crippen molar-refractivity contribution in [1.29, 1.82) is 0 Å². The number of alkyl halides is 3. The van der Waals surface area contributed by atoms with Gasteiger partial charge in [0.1, 0.15) is 0 Å². The van der Waals surface area contributed by atoms with Gasteiger partial charge in [-0.25, -0.2) is 0 Å². The molecule has 0 fully saturated rings. The van der Waals surface area contributed by atoms with Crippen LogP contribution in [0.3, 0.4) is 0 Å². The number of halogens is 3. The van der Waals surface area contributed by atoms with Gasteiger partial charge >= 0.3 is 6.18 Å². The zero-order chi connectivity index (χ0) is 26.2. The summed E-state index contributed by atoms with van der Waals surface area (Å²) in [5, 5.41) is 11.7. The number of nitrogens with zero attached hydrogens (tertiary/aromatic N) is 1. The highest BCUT2D eigenvalue weighted by atomic mass is 32.2. The van der Waals surface area contributed by atoms with Gasteiger partial charge in [0.25, 0.3) is 10.1 Å². The molecule has 0 saturated carbocycles. The smallest absolute Gasteiger partial charge is 0.410 e. The molecule has 10 heteroatoms. The molecule has 3 aromatic carbocycles. The van der Waals surface area contributed by atoms with Gasteiger partial charge in [-0.3, -0.25) is 4.55 Å². The molecule has 0 saturated heterocycles. The average Bonchev–Trinajstić information content (AvgIpc) is 3.22. The molecule has 0 unspecified atom stereocenters. The van der Waals surface area contributed by atoms with Crippen LogP contribution in [0.25, 0.3) is 10.9 Å². The summed E-state index contributed by atoms with van der Waals surface area (Å²) < 4.78 is 67.1. The minimum Gasteiger partial charge on any atom is -0.410 e. The number of benzene rings is 3. The molecule has 0 aliphatic rings. The number of hydrogen-bond acceptors (Lipinski definition) is 4. The van der Waals surface area contributed by atoms with Crippen molar-refractivity contribution in [3.05, 3.63) is 101 Å². The van der Waals surface area contributed by atoms with Gasteiger partial charge in [-0.05, 0) is 49.4 Å². The predicted molar refractivity (Wildman–Crippen MR) is 130 cm³/mol. The largest absolute Gasteiger partial charge is 0.437 e. The molecule has 1 heterocycles. The Morgan fingerprint density at radius 3 is 1.91 bits per heavy atom. The number of aromatic amines is 1. The maximum atomic E-state index is 12.1. The van der Waals surface area contributed by atoms with E-state index in [9.17, 15) is 21.6 Å². The standard InChI is InChI=1S/C9H12O3S.C8H6F3NO.C8H7N/c1-6-4-7(2)9(8(3)5-6)13(10,11)12;9-8(10,11)7(12-13)6-4-2-1-3-5-6;1-2-4-8-7(3-1)5-6-9-8/h4-5H,1-3H3,(H,10,11,12);1-5,13H;1-6,9H. The number of rotatable bonds is 2. The fraction of sp³-hybridized carbons (Fsp3) is 0.160. The molecule has 1 aromatic heterocycles. The third-order valence-corrected chi connectivity index (χ3v) is 5.90. The minimum absolute atomic E-state index is 0.0260. The Balaban J connectivity index is 0.000000188. The SMILES string of the molecule is Cc1cc(C)c(S(=O)(=O)O)c(C)c1.ON=C(c1ccccc1)C(F)(F)F.c1ccc2[nH]ccc2c1. The summed E-state index contributed by atoms with van der Waals surface area (Å²) in [5.41, 5.74) is 1.92. The first-order chi connectivity index (χ1) is 16.3. The molecule has 6 nitrogen and oxygen atoms in total. The van der Waals surface area contributed by atoms with Crippen LogP contribution in [0.15, 0.2) is 89.0 Å². The third-order valence-electron chi connectivity index (χ3n) is 4.74. The lowest BCUT2D eigenvalue weighted by Crippen LogP contribution is -2.23. The summed E-state index contributed by atoms with van der Waals surface area (Å²) in [7, 11) is -4.08. The highest BCUT2D eigenvalue weighted by Gasteiger charge is 2.37. The Morgan fingerprint density at radius 2 is 1.43 bits per heavy atom. The van der Waals surface area contributed by atoms with E-state index in [4.69, 9.17) is 9.76 Å². The van der Waals surface area contributed by atoms with Gasteiger partial charge in [0.15, 0.2) is 5.71 Å². The monoisotopic (exact) mass is 506 g/mol. The first kappa shape index (κ1) is 27.6. The van der Waals surface area contributed by atoms with Crippen molar-refractivity contribution in [3.8, 4) is 0 Å². The van der Waals surface area contributed by atoms with E-state index in [1.54, 1.807) is 32.0 Å². The summed E-state index contributed by atoms with van der Waals surface area (Å²) in [6.07, 6.45) is -2.68. The Labute approximate surface area is 201 Å². The normalized spacial score (nSPS) is 11.8. The van der Waals surface area contributed by atoms with E-state index >= 15 is 0 Å². The lowest BCUT2D eigenvalue weighted by molar-refractivity contribution is -0.0601. The number of hydrogen-bond donors (Lipinski definition) is 3. The Hall–Kier alpha value is -3.63. The van der Waals surface area contributed by atoms with E-state index in [1.165, 1.54) is 35.2 Å². The molecular formula is C25H25F3N2O4S. The molecule has 3 N–H and O–H groups in total. The molecule has 4 rings (SSSR count). The van der Waals surface area contributed by atoms with Crippen molar-refractivity contribution in [2.75, 3.05) is 0 Å². The van der Waals surface area contributed by atoms with E-state index < -0.39 is 22.0 Å². The molecule has 0 spiro atoms. The molecule has 0 radical (unpaired) electrons. The van der Waals surface area contributed by atoms with E-state index in [0.29, 0.717) is 11.1 Å². The van der Waals surface area contributed by atoms with Crippen molar-refractivity contribution in [3.63, 3.8) is 0 Å². The summed E-state index contributed by atoms with van der Waals surface area (Å²) in [5.74, 6) is 0. The van der Waals surface area contributed by atoms with Crippen LogP contribution >= 0.6 is 0 Å². The van der Waals surface area contributed by atoms with E-state index in [-0.39, 0.29) is 10.5 Å².